The molecule has 1 aliphatic rings. The molecule has 1 atom stereocenters. The SMILES string of the molecule is CC(C)(CO)[C@H]1CCCN(Cc2ccc(-c3cn(-c4ccc(C#N)cc4)nn3)cc2OC(F)F)C1. The lowest BCUT2D eigenvalue weighted by Crippen LogP contribution is -2.42. The van der Waals surface area contributed by atoms with Gasteiger partial charge in [-0.1, -0.05) is 31.2 Å². The van der Waals surface area contributed by atoms with Gasteiger partial charge in [-0.05, 0) is 61.1 Å². The largest absolute Gasteiger partial charge is 0.434 e. The Balaban J connectivity index is 1.55. The standard InChI is InChI=1S/C26H29F2N5O2/c1-26(2,17-34)21-4-3-11-32(15-21)14-20-8-7-19(12-24(20)35-25(27)28)23-16-33(31-30-23)22-9-5-18(13-29)6-10-22/h5-10,12,16,21,25,34H,3-4,11,14-15,17H2,1-2H3/t21-/m0/s1. The van der Waals surface area contributed by atoms with Gasteiger partial charge in [-0.15, -0.1) is 5.10 Å². The number of alkyl halides is 2. The molecule has 1 aliphatic heterocycles. The van der Waals surface area contributed by atoms with Crippen LogP contribution in [0.5, 0.6) is 5.75 Å². The molecule has 4 rings (SSSR count). The number of hydrogen-bond donors (Lipinski definition) is 1. The van der Waals surface area contributed by atoms with E-state index in [2.05, 4.69) is 35.1 Å². The van der Waals surface area contributed by atoms with Crippen molar-refractivity contribution in [1.82, 2.24) is 19.9 Å². The second-order valence-corrected chi connectivity index (χ2v) is 9.63. The van der Waals surface area contributed by atoms with Crippen molar-refractivity contribution in [3.05, 3.63) is 59.8 Å². The fraction of sp³-hybridized carbons (Fsp3) is 0.423. The first kappa shape index (κ1) is 24.8. The zero-order chi connectivity index (χ0) is 25.0. The van der Waals surface area contributed by atoms with Crippen molar-refractivity contribution in [3.8, 4) is 28.8 Å². The van der Waals surface area contributed by atoms with Crippen molar-refractivity contribution in [2.75, 3.05) is 19.7 Å². The molecule has 184 valence electrons. The number of nitrogens with zero attached hydrogens (tertiary/aromatic N) is 5. The highest BCUT2D eigenvalue weighted by molar-refractivity contribution is 5.62. The Labute approximate surface area is 203 Å². The molecule has 0 aliphatic carbocycles. The van der Waals surface area contributed by atoms with E-state index in [1.165, 1.54) is 0 Å². The molecule has 0 radical (unpaired) electrons. The third-order valence-corrected chi connectivity index (χ3v) is 6.75. The molecule has 7 nitrogen and oxygen atoms in total. The van der Waals surface area contributed by atoms with Crippen LogP contribution in [0, 0.1) is 22.7 Å². The van der Waals surface area contributed by atoms with E-state index in [1.54, 1.807) is 47.3 Å². The average molecular weight is 482 g/mol. The van der Waals surface area contributed by atoms with E-state index in [9.17, 15) is 13.9 Å². The van der Waals surface area contributed by atoms with Crippen LogP contribution in [0.4, 0.5) is 8.78 Å². The first-order valence-corrected chi connectivity index (χ1v) is 11.6. The highest BCUT2D eigenvalue weighted by Crippen LogP contribution is 2.35. The Bertz CT molecular complexity index is 1190. The minimum absolute atomic E-state index is 0.114. The van der Waals surface area contributed by atoms with Gasteiger partial charge < -0.3 is 9.84 Å². The Morgan fingerprint density at radius 3 is 2.69 bits per heavy atom. The molecule has 2 aromatic carbocycles. The summed E-state index contributed by atoms with van der Waals surface area (Å²) in [6.07, 6.45) is 3.74. The maximum atomic E-state index is 13.2. The van der Waals surface area contributed by atoms with Crippen molar-refractivity contribution in [2.45, 2.75) is 39.8 Å². The van der Waals surface area contributed by atoms with Gasteiger partial charge in [0.25, 0.3) is 0 Å². The quantitative estimate of drug-likeness (QED) is 0.505. The molecule has 9 heteroatoms. The number of benzene rings is 2. The van der Waals surface area contributed by atoms with E-state index in [0.717, 1.165) is 31.6 Å². The number of likely N-dealkylation sites (tertiary alicyclic amines) is 1. The first-order chi connectivity index (χ1) is 16.8. The third kappa shape index (κ3) is 5.84. The summed E-state index contributed by atoms with van der Waals surface area (Å²) >= 11 is 0. The summed E-state index contributed by atoms with van der Waals surface area (Å²) in [5.74, 6) is 0.450. The molecule has 0 saturated carbocycles. The Morgan fingerprint density at radius 1 is 1.23 bits per heavy atom. The predicted octanol–water partition coefficient (Wildman–Crippen LogP) is 4.64. The van der Waals surface area contributed by atoms with Crippen LogP contribution in [-0.4, -0.2) is 51.3 Å². The van der Waals surface area contributed by atoms with Gasteiger partial charge in [0.05, 0.1) is 23.5 Å². The van der Waals surface area contributed by atoms with Crippen molar-refractivity contribution >= 4 is 0 Å². The Hall–Kier alpha value is -3.35. The topological polar surface area (TPSA) is 87.2 Å². The fourth-order valence-electron chi connectivity index (χ4n) is 4.47. The lowest BCUT2D eigenvalue weighted by molar-refractivity contribution is -0.0509. The van der Waals surface area contributed by atoms with Crippen LogP contribution in [0.2, 0.25) is 0 Å². The van der Waals surface area contributed by atoms with Crippen LogP contribution in [0.25, 0.3) is 16.9 Å². The van der Waals surface area contributed by atoms with E-state index >= 15 is 0 Å². The van der Waals surface area contributed by atoms with Crippen LogP contribution < -0.4 is 4.74 Å². The third-order valence-electron chi connectivity index (χ3n) is 6.75. The van der Waals surface area contributed by atoms with Crippen molar-refractivity contribution in [3.63, 3.8) is 0 Å². The molecule has 0 amide bonds. The molecule has 1 aromatic heterocycles. The predicted molar refractivity (Wildman–Crippen MR) is 127 cm³/mol. The maximum Gasteiger partial charge on any atom is 0.387 e. The van der Waals surface area contributed by atoms with Crippen LogP contribution in [0.3, 0.4) is 0 Å². The number of piperidine rings is 1. The monoisotopic (exact) mass is 481 g/mol. The number of aromatic nitrogens is 3. The van der Waals surface area contributed by atoms with Gasteiger partial charge in [-0.3, -0.25) is 4.90 Å². The highest BCUT2D eigenvalue weighted by Gasteiger charge is 2.33. The zero-order valence-electron chi connectivity index (χ0n) is 19.9. The summed E-state index contributed by atoms with van der Waals surface area (Å²) < 4.78 is 33.0. The summed E-state index contributed by atoms with van der Waals surface area (Å²) in [4.78, 5) is 2.24. The van der Waals surface area contributed by atoms with Gasteiger partial charge in [-0.2, -0.15) is 14.0 Å². The smallest absolute Gasteiger partial charge is 0.387 e. The summed E-state index contributed by atoms with van der Waals surface area (Å²) in [6.45, 7) is 3.44. The molecule has 0 spiro atoms. The summed E-state index contributed by atoms with van der Waals surface area (Å²) in [5, 5.41) is 27.0. The summed E-state index contributed by atoms with van der Waals surface area (Å²) in [6, 6.07) is 14.2. The highest BCUT2D eigenvalue weighted by atomic mass is 19.3. The summed E-state index contributed by atoms with van der Waals surface area (Å²) in [5.41, 5.74) is 2.89. The van der Waals surface area contributed by atoms with Crippen molar-refractivity contribution < 1.29 is 18.6 Å². The fourth-order valence-corrected chi connectivity index (χ4v) is 4.47. The van der Waals surface area contributed by atoms with Gasteiger partial charge in [0, 0.05) is 30.8 Å². The van der Waals surface area contributed by atoms with Gasteiger partial charge in [0.2, 0.25) is 0 Å². The number of nitriles is 1. The van der Waals surface area contributed by atoms with E-state index in [0.29, 0.717) is 34.8 Å². The van der Waals surface area contributed by atoms with E-state index in [1.807, 2.05) is 6.07 Å². The molecular weight excluding hydrogens is 452 g/mol. The van der Waals surface area contributed by atoms with Gasteiger partial charge in [0.15, 0.2) is 0 Å². The Kier molecular flexibility index (Phi) is 7.43. The molecule has 1 N–H and O–H groups in total. The normalized spacial score (nSPS) is 16.9. The molecule has 3 aromatic rings. The lowest BCUT2D eigenvalue weighted by atomic mass is 9.75. The number of aliphatic hydroxyl groups excluding tert-OH is 1. The number of halogens is 2. The van der Waals surface area contributed by atoms with Crippen LogP contribution in [-0.2, 0) is 6.54 Å². The number of ether oxygens (including phenoxy) is 1. The molecule has 2 heterocycles. The van der Waals surface area contributed by atoms with Crippen LogP contribution in [0.1, 0.15) is 37.8 Å². The molecule has 0 unspecified atom stereocenters. The Morgan fingerprint density at radius 2 is 2.00 bits per heavy atom. The minimum Gasteiger partial charge on any atom is -0.434 e. The van der Waals surface area contributed by atoms with Crippen LogP contribution in [0.15, 0.2) is 48.7 Å². The van der Waals surface area contributed by atoms with Gasteiger partial charge >= 0.3 is 6.61 Å². The molecule has 1 saturated heterocycles. The first-order valence-electron chi connectivity index (χ1n) is 11.6. The van der Waals surface area contributed by atoms with E-state index in [-0.39, 0.29) is 17.8 Å². The summed E-state index contributed by atoms with van der Waals surface area (Å²) in [7, 11) is 0. The molecule has 35 heavy (non-hydrogen) atoms. The van der Waals surface area contributed by atoms with E-state index in [4.69, 9.17) is 10.00 Å². The number of rotatable bonds is 8. The van der Waals surface area contributed by atoms with Crippen LogP contribution >= 0.6 is 0 Å². The maximum absolute atomic E-state index is 13.2. The second-order valence-electron chi connectivity index (χ2n) is 9.63. The minimum atomic E-state index is -2.94. The average Bonchev–Trinajstić information content (AvgIpc) is 3.35. The zero-order valence-corrected chi connectivity index (χ0v) is 19.9. The molecule has 0 bridgehead atoms. The lowest BCUT2D eigenvalue weighted by Gasteiger charge is -2.40. The molecular formula is C26H29F2N5O2. The number of aliphatic hydroxyl groups is 1. The van der Waals surface area contributed by atoms with Gasteiger partial charge in [0.1, 0.15) is 11.4 Å². The van der Waals surface area contributed by atoms with Crippen molar-refractivity contribution in [2.24, 2.45) is 11.3 Å². The molecule has 1 fully saturated rings. The number of hydrogen-bond acceptors (Lipinski definition) is 6. The van der Waals surface area contributed by atoms with E-state index < -0.39 is 6.61 Å². The van der Waals surface area contributed by atoms with Crippen molar-refractivity contribution in [1.29, 1.82) is 5.26 Å². The second kappa shape index (κ2) is 10.5. The van der Waals surface area contributed by atoms with Gasteiger partial charge in [-0.25, -0.2) is 4.68 Å².